The van der Waals surface area contributed by atoms with E-state index in [0.29, 0.717) is 11.1 Å². The third kappa shape index (κ3) is 2.25. The molecule has 0 spiro atoms. The van der Waals surface area contributed by atoms with Crippen LogP contribution in [0, 0.1) is 12.7 Å². The van der Waals surface area contributed by atoms with Crippen molar-refractivity contribution in [2.24, 2.45) is 0 Å². The molecule has 0 saturated heterocycles. The van der Waals surface area contributed by atoms with E-state index in [2.05, 4.69) is 4.98 Å². The second-order valence-corrected chi connectivity index (χ2v) is 5.42. The number of halogens is 1. The highest BCUT2D eigenvalue weighted by molar-refractivity contribution is 7.17. The molecule has 0 radical (unpaired) electrons. The molecule has 1 aromatic carbocycles. The molecule has 1 N–H and O–H groups in total. The SMILES string of the molecule is Cc1ccc(F)cc1C(O)c1cnc2ccsc2c1. The minimum absolute atomic E-state index is 0.343. The Labute approximate surface area is 114 Å². The zero-order chi connectivity index (χ0) is 13.4. The van der Waals surface area contributed by atoms with Gasteiger partial charge in [-0.05, 0) is 47.7 Å². The minimum atomic E-state index is -0.852. The Hall–Kier alpha value is -1.78. The predicted octanol–water partition coefficient (Wildman–Crippen LogP) is 3.83. The molecule has 96 valence electrons. The molecule has 1 atom stereocenters. The monoisotopic (exact) mass is 273 g/mol. The molecule has 0 bridgehead atoms. The van der Waals surface area contributed by atoms with Gasteiger partial charge in [-0.15, -0.1) is 11.3 Å². The molecular formula is C15H12FNOS. The van der Waals surface area contributed by atoms with Crippen LogP contribution in [0.15, 0.2) is 41.9 Å². The topological polar surface area (TPSA) is 33.1 Å². The molecule has 4 heteroatoms. The Balaban J connectivity index is 2.07. The van der Waals surface area contributed by atoms with Crippen molar-refractivity contribution in [3.63, 3.8) is 0 Å². The molecule has 19 heavy (non-hydrogen) atoms. The Morgan fingerprint density at radius 3 is 2.95 bits per heavy atom. The summed E-state index contributed by atoms with van der Waals surface area (Å²) in [6.07, 6.45) is 0.791. The van der Waals surface area contributed by atoms with Gasteiger partial charge in [0.25, 0.3) is 0 Å². The van der Waals surface area contributed by atoms with Crippen molar-refractivity contribution in [2.45, 2.75) is 13.0 Å². The van der Waals surface area contributed by atoms with Gasteiger partial charge in [-0.1, -0.05) is 6.07 Å². The number of thiophene rings is 1. The zero-order valence-corrected chi connectivity index (χ0v) is 11.1. The first kappa shape index (κ1) is 12.3. The van der Waals surface area contributed by atoms with Gasteiger partial charge in [0.2, 0.25) is 0 Å². The summed E-state index contributed by atoms with van der Waals surface area (Å²) < 4.78 is 14.3. The number of aliphatic hydroxyl groups excluding tert-OH is 1. The number of benzene rings is 1. The van der Waals surface area contributed by atoms with Crippen molar-refractivity contribution in [3.05, 3.63) is 64.4 Å². The maximum absolute atomic E-state index is 13.3. The van der Waals surface area contributed by atoms with Crippen LogP contribution in [-0.2, 0) is 0 Å². The molecule has 2 heterocycles. The summed E-state index contributed by atoms with van der Waals surface area (Å²) in [5, 5.41) is 12.4. The number of hydrogen-bond acceptors (Lipinski definition) is 3. The molecule has 2 nitrogen and oxygen atoms in total. The normalized spacial score (nSPS) is 12.8. The van der Waals surface area contributed by atoms with Crippen molar-refractivity contribution < 1.29 is 9.50 Å². The van der Waals surface area contributed by atoms with Gasteiger partial charge in [-0.3, -0.25) is 4.98 Å². The second kappa shape index (κ2) is 4.72. The van der Waals surface area contributed by atoms with Crippen molar-refractivity contribution in [1.29, 1.82) is 0 Å². The van der Waals surface area contributed by atoms with Gasteiger partial charge in [-0.2, -0.15) is 0 Å². The Bertz CT molecular complexity index is 738. The van der Waals surface area contributed by atoms with Crippen LogP contribution in [0.4, 0.5) is 4.39 Å². The van der Waals surface area contributed by atoms with Gasteiger partial charge in [-0.25, -0.2) is 4.39 Å². The number of aryl methyl sites for hydroxylation is 1. The molecule has 0 amide bonds. The van der Waals surface area contributed by atoms with Gasteiger partial charge in [0.05, 0.1) is 10.2 Å². The molecule has 3 rings (SSSR count). The third-order valence-corrected chi connectivity index (χ3v) is 4.03. The highest BCUT2D eigenvalue weighted by Crippen LogP contribution is 2.28. The minimum Gasteiger partial charge on any atom is -0.384 e. The Kier molecular flexibility index (Phi) is 3.05. The van der Waals surface area contributed by atoms with E-state index in [9.17, 15) is 9.50 Å². The lowest BCUT2D eigenvalue weighted by atomic mass is 9.98. The molecule has 3 aromatic rings. The highest BCUT2D eigenvalue weighted by atomic mass is 32.1. The average Bonchev–Trinajstić information content (AvgIpc) is 2.88. The Morgan fingerprint density at radius 2 is 2.11 bits per heavy atom. The molecule has 0 saturated carbocycles. The summed E-state index contributed by atoms with van der Waals surface area (Å²) in [6.45, 7) is 1.86. The maximum atomic E-state index is 13.3. The van der Waals surface area contributed by atoms with Crippen molar-refractivity contribution in [1.82, 2.24) is 4.98 Å². The lowest BCUT2D eigenvalue weighted by Crippen LogP contribution is -2.03. The quantitative estimate of drug-likeness (QED) is 0.770. The fraction of sp³-hybridized carbons (Fsp3) is 0.133. The number of fused-ring (bicyclic) bond motifs is 1. The van der Waals surface area contributed by atoms with Crippen LogP contribution in [0.5, 0.6) is 0 Å². The van der Waals surface area contributed by atoms with Crippen LogP contribution < -0.4 is 0 Å². The smallest absolute Gasteiger partial charge is 0.123 e. The van der Waals surface area contributed by atoms with Gasteiger partial charge < -0.3 is 5.11 Å². The summed E-state index contributed by atoms with van der Waals surface area (Å²) in [7, 11) is 0. The van der Waals surface area contributed by atoms with E-state index in [-0.39, 0.29) is 5.82 Å². The van der Waals surface area contributed by atoms with Crippen molar-refractivity contribution in [3.8, 4) is 0 Å². The van der Waals surface area contributed by atoms with Crippen LogP contribution >= 0.6 is 11.3 Å². The van der Waals surface area contributed by atoms with Gasteiger partial charge in [0, 0.05) is 11.8 Å². The van der Waals surface area contributed by atoms with Crippen LogP contribution in [0.3, 0.4) is 0 Å². The van der Waals surface area contributed by atoms with E-state index in [0.717, 1.165) is 15.8 Å². The lowest BCUT2D eigenvalue weighted by molar-refractivity contribution is 0.219. The van der Waals surface area contributed by atoms with Crippen molar-refractivity contribution >= 4 is 21.6 Å². The Morgan fingerprint density at radius 1 is 1.26 bits per heavy atom. The van der Waals surface area contributed by atoms with Crippen LogP contribution in [0.1, 0.15) is 22.8 Å². The van der Waals surface area contributed by atoms with Crippen LogP contribution in [0.2, 0.25) is 0 Å². The van der Waals surface area contributed by atoms with Crippen LogP contribution in [0.25, 0.3) is 10.2 Å². The maximum Gasteiger partial charge on any atom is 0.123 e. The van der Waals surface area contributed by atoms with E-state index >= 15 is 0 Å². The number of nitrogens with zero attached hydrogens (tertiary/aromatic N) is 1. The fourth-order valence-electron chi connectivity index (χ4n) is 2.10. The standard InChI is InChI=1S/C15H12FNOS/c1-9-2-3-11(16)7-12(9)15(18)10-6-14-13(17-8-10)4-5-19-14/h2-8,15,18H,1H3. The summed E-state index contributed by atoms with van der Waals surface area (Å²) in [6, 6.07) is 8.28. The number of aliphatic hydroxyl groups is 1. The average molecular weight is 273 g/mol. The van der Waals surface area contributed by atoms with E-state index in [1.807, 2.05) is 24.4 Å². The van der Waals surface area contributed by atoms with Gasteiger partial charge in [0.1, 0.15) is 11.9 Å². The largest absolute Gasteiger partial charge is 0.384 e. The predicted molar refractivity (Wildman–Crippen MR) is 74.8 cm³/mol. The summed E-state index contributed by atoms with van der Waals surface area (Å²) in [5.41, 5.74) is 3.04. The number of pyridine rings is 1. The lowest BCUT2D eigenvalue weighted by Gasteiger charge is -2.14. The van der Waals surface area contributed by atoms with E-state index in [1.54, 1.807) is 23.6 Å². The van der Waals surface area contributed by atoms with Crippen molar-refractivity contribution in [2.75, 3.05) is 0 Å². The first-order chi connectivity index (χ1) is 9.15. The molecular weight excluding hydrogens is 261 g/mol. The number of aromatic nitrogens is 1. The van der Waals surface area contributed by atoms with Gasteiger partial charge in [0.15, 0.2) is 0 Å². The molecule has 2 aromatic heterocycles. The molecule has 0 aliphatic rings. The number of hydrogen-bond donors (Lipinski definition) is 1. The van der Waals surface area contributed by atoms with E-state index in [4.69, 9.17) is 0 Å². The molecule has 0 aliphatic heterocycles. The first-order valence-electron chi connectivity index (χ1n) is 5.92. The molecule has 1 unspecified atom stereocenters. The van der Waals surface area contributed by atoms with Gasteiger partial charge >= 0.3 is 0 Å². The third-order valence-electron chi connectivity index (χ3n) is 3.18. The molecule has 0 fully saturated rings. The van der Waals surface area contributed by atoms with E-state index < -0.39 is 6.10 Å². The number of rotatable bonds is 2. The summed E-state index contributed by atoms with van der Waals surface area (Å²) >= 11 is 1.57. The molecule has 0 aliphatic carbocycles. The zero-order valence-electron chi connectivity index (χ0n) is 10.3. The first-order valence-corrected chi connectivity index (χ1v) is 6.80. The second-order valence-electron chi connectivity index (χ2n) is 4.48. The summed E-state index contributed by atoms with van der Waals surface area (Å²) in [4.78, 5) is 4.30. The van der Waals surface area contributed by atoms with Crippen LogP contribution in [-0.4, -0.2) is 10.1 Å². The fourth-order valence-corrected chi connectivity index (χ4v) is 2.89. The summed E-state index contributed by atoms with van der Waals surface area (Å²) in [5.74, 6) is -0.343. The highest BCUT2D eigenvalue weighted by Gasteiger charge is 2.15. The van der Waals surface area contributed by atoms with E-state index in [1.165, 1.54) is 12.1 Å².